The van der Waals surface area contributed by atoms with Crippen LogP contribution >= 0.6 is 0 Å². The molecule has 0 bridgehead atoms. The minimum absolute atomic E-state index is 0.0657. The molecule has 0 atom stereocenters. The molecule has 2 rings (SSSR count). The topological polar surface area (TPSA) is 87.7 Å². The highest BCUT2D eigenvalue weighted by Crippen LogP contribution is 2.28. The molecule has 0 aromatic heterocycles. The van der Waals surface area contributed by atoms with Gasteiger partial charge in [0.05, 0.1) is 7.11 Å². The number of nitrogens with one attached hydrogen (secondary N) is 2. The van der Waals surface area contributed by atoms with E-state index < -0.39 is 5.91 Å². The van der Waals surface area contributed by atoms with Crippen molar-refractivity contribution in [3.05, 3.63) is 48.0 Å². The van der Waals surface area contributed by atoms with Crippen molar-refractivity contribution in [2.45, 2.75) is 6.92 Å². The molecular formula is C16H16N2O4. The molecule has 0 saturated heterocycles. The van der Waals surface area contributed by atoms with Crippen LogP contribution in [-0.4, -0.2) is 24.0 Å². The number of methoxy groups -OCH3 is 1. The number of anilines is 2. The number of benzene rings is 2. The SMILES string of the molecule is COc1cccc(O)c1C(=O)Nc1ccc(NC(C)=O)cc1. The van der Waals surface area contributed by atoms with E-state index in [4.69, 9.17) is 4.74 Å². The summed E-state index contributed by atoms with van der Waals surface area (Å²) in [6, 6.07) is 11.2. The predicted octanol–water partition coefficient (Wildman–Crippen LogP) is 2.61. The number of hydrogen-bond acceptors (Lipinski definition) is 4. The van der Waals surface area contributed by atoms with Crippen LogP contribution in [0.15, 0.2) is 42.5 Å². The lowest BCUT2D eigenvalue weighted by Gasteiger charge is -2.11. The number of carbonyl (C=O) groups is 2. The first-order valence-electron chi connectivity index (χ1n) is 6.56. The van der Waals surface area contributed by atoms with Gasteiger partial charge in [0, 0.05) is 18.3 Å². The largest absolute Gasteiger partial charge is 0.507 e. The van der Waals surface area contributed by atoms with Gasteiger partial charge in [0.15, 0.2) is 0 Å². The number of phenolic OH excluding ortho intramolecular Hbond substituents is 1. The Morgan fingerprint density at radius 3 is 2.14 bits per heavy atom. The van der Waals surface area contributed by atoms with E-state index in [1.165, 1.54) is 20.1 Å². The number of ether oxygens (including phenoxy) is 1. The first-order chi connectivity index (χ1) is 10.5. The molecule has 2 amide bonds. The number of amides is 2. The zero-order valence-electron chi connectivity index (χ0n) is 12.2. The van der Waals surface area contributed by atoms with Crippen molar-refractivity contribution >= 4 is 23.2 Å². The Bertz CT molecular complexity index is 696. The Hall–Kier alpha value is -3.02. The molecule has 0 spiro atoms. The third-order valence-corrected chi connectivity index (χ3v) is 2.91. The molecule has 2 aromatic carbocycles. The molecule has 2 aromatic rings. The standard InChI is InChI=1S/C16H16N2O4/c1-10(19)17-11-6-8-12(9-7-11)18-16(21)15-13(20)4-3-5-14(15)22-2/h3-9,20H,1-2H3,(H,17,19)(H,18,21). The average Bonchev–Trinajstić information content (AvgIpc) is 2.48. The lowest BCUT2D eigenvalue weighted by molar-refractivity contribution is -0.114. The lowest BCUT2D eigenvalue weighted by atomic mass is 10.1. The molecule has 114 valence electrons. The van der Waals surface area contributed by atoms with Crippen molar-refractivity contribution < 1.29 is 19.4 Å². The van der Waals surface area contributed by atoms with Crippen LogP contribution in [0, 0.1) is 0 Å². The second kappa shape index (κ2) is 6.62. The Labute approximate surface area is 127 Å². The summed E-state index contributed by atoms with van der Waals surface area (Å²) in [5.41, 5.74) is 1.23. The number of rotatable bonds is 4. The molecule has 0 aliphatic rings. The Kier molecular flexibility index (Phi) is 4.63. The van der Waals surface area contributed by atoms with Gasteiger partial charge in [-0.3, -0.25) is 9.59 Å². The van der Waals surface area contributed by atoms with E-state index in [9.17, 15) is 14.7 Å². The smallest absolute Gasteiger partial charge is 0.263 e. The van der Waals surface area contributed by atoms with Crippen molar-refractivity contribution in [3.8, 4) is 11.5 Å². The highest BCUT2D eigenvalue weighted by atomic mass is 16.5. The summed E-state index contributed by atoms with van der Waals surface area (Å²) in [5.74, 6) is -0.531. The first-order valence-corrected chi connectivity index (χ1v) is 6.56. The fourth-order valence-corrected chi connectivity index (χ4v) is 1.95. The van der Waals surface area contributed by atoms with Crippen molar-refractivity contribution in [2.75, 3.05) is 17.7 Å². The van der Waals surface area contributed by atoms with Crippen LogP contribution in [0.5, 0.6) is 11.5 Å². The van der Waals surface area contributed by atoms with Gasteiger partial charge in [-0.15, -0.1) is 0 Å². The van der Waals surface area contributed by atoms with Crippen LogP contribution in [0.25, 0.3) is 0 Å². The Morgan fingerprint density at radius 1 is 1.00 bits per heavy atom. The fraction of sp³-hybridized carbons (Fsp3) is 0.125. The minimum Gasteiger partial charge on any atom is -0.507 e. The maximum Gasteiger partial charge on any atom is 0.263 e. The van der Waals surface area contributed by atoms with Crippen molar-refractivity contribution in [3.63, 3.8) is 0 Å². The highest BCUT2D eigenvalue weighted by Gasteiger charge is 2.17. The van der Waals surface area contributed by atoms with E-state index in [1.54, 1.807) is 36.4 Å². The minimum atomic E-state index is -0.484. The normalized spacial score (nSPS) is 9.91. The van der Waals surface area contributed by atoms with Gasteiger partial charge < -0.3 is 20.5 Å². The lowest BCUT2D eigenvalue weighted by Crippen LogP contribution is -2.13. The summed E-state index contributed by atoms with van der Waals surface area (Å²) in [7, 11) is 1.42. The Morgan fingerprint density at radius 2 is 1.59 bits per heavy atom. The predicted molar refractivity (Wildman–Crippen MR) is 83.4 cm³/mol. The van der Waals surface area contributed by atoms with Crippen molar-refractivity contribution in [1.29, 1.82) is 0 Å². The summed E-state index contributed by atoms with van der Waals surface area (Å²) in [5, 5.41) is 15.1. The number of hydrogen-bond donors (Lipinski definition) is 3. The van der Waals surface area contributed by atoms with E-state index in [-0.39, 0.29) is 23.0 Å². The summed E-state index contributed by atoms with van der Waals surface area (Å²) in [6.45, 7) is 1.42. The summed E-state index contributed by atoms with van der Waals surface area (Å²) >= 11 is 0. The van der Waals surface area contributed by atoms with Gasteiger partial charge in [0.1, 0.15) is 17.1 Å². The third kappa shape index (κ3) is 3.54. The van der Waals surface area contributed by atoms with Gasteiger partial charge in [0.2, 0.25) is 5.91 Å². The van der Waals surface area contributed by atoms with Gasteiger partial charge in [-0.1, -0.05) is 6.07 Å². The number of phenols is 1. The monoisotopic (exact) mass is 300 g/mol. The highest BCUT2D eigenvalue weighted by molar-refractivity contribution is 6.08. The summed E-state index contributed by atoms with van der Waals surface area (Å²) in [6.07, 6.45) is 0. The second-order valence-electron chi connectivity index (χ2n) is 4.57. The molecule has 0 fully saturated rings. The fourth-order valence-electron chi connectivity index (χ4n) is 1.95. The van der Waals surface area contributed by atoms with Gasteiger partial charge in [-0.25, -0.2) is 0 Å². The van der Waals surface area contributed by atoms with Crippen molar-refractivity contribution in [2.24, 2.45) is 0 Å². The molecule has 0 heterocycles. The molecule has 22 heavy (non-hydrogen) atoms. The molecule has 6 heteroatoms. The van der Waals surface area contributed by atoms with Crippen molar-refractivity contribution in [1.82, 2.24) is 0 Å². The molecule has 3 N–H and O–H groups in total. The van der Waals surface area contributed by atoms with E-state index in [2.05, 4.69) is 10.6 Å². The molecule has 6 nitrogen and oxygen atoms in total. The molecule has 0 unspecified atom stereocenters. The van der Waals surface area contributed by atoms with Crippen LogP contribution in [0.4, 0.5) is 11.4 Å². The van der Waals surface area contributed by atoms with E-state index in [0.717, 1.165) is 0 Å². The van der Waals surface area contributed by atoms with Crippen LogP contribution < -0.4 is 15.4 Å². The molecule has 0 radical (unpaired) electrons. The number of aromatic hydroxyl groups is 1. The van der Waals surface area contributed by atoms with Crippen LogP contribution in [0.2, 0.25) is 0 Å². The quantitative estimate of drug-likeness (QED) is 0.810. The summed E-state index contributed by atoms with van der Waals surface area (Å²) < 4.78 is 5.08. The third-order valence-electron chi connectivity index (χ3n) is 2.91. The van der Waals surface area contributed by atoms with E-state index >= 15 is 0 Å². The maximum absolute atomic E-state index is 12.3. The average molecular weight is 300 g/mol. The molecule has 0 saturated carbocycles. The first kappa shape index (κ1) is 15.4. The van der Waals surface area contributed by atoms with Gasteiger partial charge in [0.25, 0.3) is 5.91 Å². The second-order valence-corrected chi connectivity index (χ2v) is 4.57. The maximum atomic E-state index is 12.3. The molecule has 0 aliphatic heterocycles. The van der Waals surface area contributed by atoms with Gasteiger partial charge in [-0.2, -0.15) is 0 Å². The summed E-state index contributed by atoms with van der Waals surface area (Å²) in [4.78, 5) is 23.2. The van der Waals surface area contributed by atoms with Gasteiger partial charge >= 0.3 is 0 Å². The molecule has 0 aliphatic carbocycles. The van der Waals surface area contributed by atoms with Crippen LogP contribution in [-0.2, 0) is 4.79 Å². The van der Waals surface area contributed by atoms with Crippen LogP contribution in [0.1, 0.15) is 17.3 Å². The van der Waals surface area contributed by atoms with Gasteiger partial charge in [-0.05, 0) is 36.4 Å². The Balaban J connectivity index is 2.17. The van der Waals surface area contributed by atoms with E-state index in [1.807, 2.05) is 0 Å². The van der Waals surface area contributed by atoms with E-state index in [0.29, 0.717) is 11.4 Å². The number of carbonyl (C=O) groups excluding carboxylic acids is 2. The zero-order chi connectivity index (χ0) is 16.1. The van der Waals surface area contributed by atoms with Crippen LogP contribution in [0.3, 0.4) is 0 Å². The molecular weight excluding hydrogens is 284 g/mol. The zero-order valence-corrected chi connectivity index (χ0v) is 12.2.